The lowest BCUT2D eigenvalue weighted by molar-refractivity contribution is -0.0645. The van der Waals surface area contributed by atoms with E-state index < -0.39 is 54.3 Å². The fourth-order valence-corrected chi connectivity index (χ4v) is 4.87. The van der Waals surface area contributed by atoms with E-state index in [1.807, 2.05) is 0 Å². The van der Waals surface area contributed by atoms with Crippen molar-refractivity contribution < 1.29 is 34.0 Å². The largest absolute Gasteiger partial charge is 0.388 e. The number of ether oxygens (including phenoxy) is 1. The van der Waals surface area contributed by atoms with Crippen LogP contribution in [-0.4, -0.2) is 69.0 Å². The number of aromatic amines is 2. The molecule has 1 aliphatic rings. The number of nitrogen functional groups attached to an aromatic ring is 1. The molecule has 0 spiro atoms. The highest BCUT2D eigenvalue weighted by molar-refractivity contribution is 7.54. The fraction of sp³-hybridized carbons (Fsp3) is 0.706. The minimum absolute atomic E-state index is 0.0427. The maximum absolute atomic E-state index is 12.5. The number of anilines is 1. The third-order valence-corrected chi connectivity index (χ3v) is 7.81. The molecular formula is C17H28N5O9P. The predicted octanol–water partition coefficient (Wildman–Crippen LogP) is -0.896. The SMILES string of the molecule is CCC(C)(O)P(=O)(O)OC(C)(C)CC1OC(n2c(=O)[nH]c3c(=O)[nH]c(N)nc32)C(O)C1O. The summed E-state index contributed by atoms with van der Waals surface area (Å²) in [5.41, 5.74) is 2.27. The monoisotopic (exact) mass is 477 g/mol. The number of H-pyrrole nitrogens is 2. The Hall–Kier alpha value is -2.06. The molecule has 0 radical (unpaired) electrons. The van der Waals surface area contributed by atoms with Gasteiger partial charge >= 0.3 is 13.3 Å². The Balaban J connectivity index is 1.89. The van der Waals surface area contributed by atoms with E-state index in [-0.39, 0.29) is 30.0 Å². The first-order valence-corrected chi connectivity index (χ1v) is 11.5. The van der Waals surface area contributed by atoms with Crippen LogP contribution in [0.1, 0.15) is 46.8 Å². The van der Waals surface area contributed by atoms with Crippen molar-refractivity contribution in [2.45, 2.75) is 76.0 Å². The third-order valence-electron chi connectivity index (χ3n) is 5.53. The molecule has 15 heteroatoms. The molecule has 2 aromatic rings. The maximum atomic E-state index is 12.5. The van der Waals surface area contributed by atoms with Gasteiger partial charge in [0, 0.05) is 6.42 Å². The van der Waals surface area contributed by atoms with Gasteiger partial charge in [-0.3, -0.25) is 19.3 Å². The Morgan fingerprint density at radius 3 is 2.47 bits per heavy atom. The second-order valence-corrected chi connectivity index (χ2v) is 10.8. The van der Waals surface area contributed by atoms with Crippen molar-refractivity contribution in [1.82, 2.24) is 19.5 Å². The van der Waals surface area contributed by atoms with Gasteiger partial charge in [-0.25, -0.2) is 9.36 Å². The number of nitrogens with zero attached hydrogens (tertiary/aromatic N) is 2. The molecule has 1 fully saturated rings. The van der Waals surface area contributed by atoms with E-state index in [2.05, 4.69) is 15.0 Å². The zero-order valence-electron chi connectivity index (χ0n) is 18.0. The standard InChI is InChI=1S/C17H28N5O9P/c1-5-17(4,27)32(28,29)31-16(2,3)6-7-9(23)10(24)13(30-7)22-11-8(19-15(22)26)12(25)21-14(18)20-11/h7,9-10,13,23-24,27H,5-6H2,1-4H3,(H,19,26)(H,28,29)(H3,18,20,21,25). The molecule has 6 unspecified atom stereocenters. The zero-order valence-corrected chi connectivity index (χ0v) is 18.9. The maximum Gasteiger partial charge on any atom is 0.359 e. The number of aromatic nitrogens is 4. The van der Waals surface area contributed by atoms with Crippen LogP contribution in [0.25, 0.3) is 11.2 Å². The lowest BCUT2D eigenvalue weighted by Gasteiger charge is -2.35. The molecule has 0 bridgehead atoms. The Labute approximate surface area is 181 Å². The molecule has 180 valence electrons. The van der Waals surface area contributed by atoms with Crippen LogP contribution in [0.15, 0.2) is 9.59 Å². The molecule has 14 nitrogen and oxygen atoms in total. The number of hydrogen-bond donors (Lipinski definition) is 7. The van der Waals surface area contributed by atoms with E-state index in [1.165, 1.54) is 27.7 Å². The van der Waals surface area contributed by atoms with E-state index in [4.69, 9.17) is 15.0 Å². The van der Waals surface area contributed by atoms with Gasteiger partial charge in [-0.15, -0.1) is 0 Å². The summed E-state index contributed by atoms with van der Waals surface area (Å²) in [7, 11) is -4.49. The van der Waals surface area contributed by atoms with Gasteiger partial charge in [0.25, 0.3) is 5.56 Å². The van der Waals surface area contributed by atoms with Gasteiger partial charge in [0.1, 0.15) is 12.2 Å². The number of nitrogens with one attached hydrogen (secondary N) is 2. The highest BCUT2D eigenvalue weighted by Gasteiger charge is 2.50. The van der Waals surface area contributed by atoms with E-state index >= 15 is 0 Å². The molecule has 32 heavy (non-hydrogen) atoms. The van der Waals surface area contributed by atoms with Crippen LogP contribution in [0, 0.1) is 0 Å². The Bertz CT molecular complexity index is 1170. The van der Waals surface area contributed by atoms with Gasteiger partial charge in [0.2, 0.25) is 5.95 Å². The molecule has 0 aliphatic carbocycles. The number of imidazole rings is 1. The van der Waals surface area contributed by atoms with Crippen molar-refractivity contribution in [2.75, 3.05) is 5.73 Å². The Kier molecular flexibility index (Phi) is 6.19. The van der Waals surface area contributed by atoms with Crippen molar-refractivity contribution >= 4 is 24.7 Å². The molecule has 3 heterocycles. The number of rotatable bonds is 7. The first-order valence-electron chi connectivity index (χ1n) is 9.88. The molecule has 1 saturated heterocycles. The molecule has 8 N–H and O–H groups in total. The minimum Gasteiger partial charge on any atom is -0.388 e. The predicted molar refractivity (Wildman–Crippen MR) is 112 cm³/mol. The number of hydrogen-bond acceptors (Lipinski definition) is 10. The van der Waals surface area contributed by atoms with Crippen molar-refractivity contribution in [3.05, 3.63) is 20.8 Å². The summed E-state index contributed by atoms with van der Waals surface area (Å²) in [5.74, 6) is -0.268. The number of nitrogens with two attached hydrogens (primary N) is 1. The molecular weight excluding hydrogens is 449 g/mol. The van der Waals surface area contributed by atoms with Crippen molar-refractivity contribution in [1.29, 1.82) is 0 Å². The first kappa shape index (κ1) is 24.6. The smallest absolute Gasteiger partial charge is 0.359 e. The van der Waals surface area contributed by atoms with Gasteiger partial charge < -0.3 is 35.2 Å². The van der Waals surface area contributed by atoms with Crippen molar-refractivity contribution in [3.8, 4) is 0 Å². The average Bonchev–Trinajstić information content (AvgIpc) is 3.11. The highest BCUT2D eigenvalue weighted by Crippen LogP contribution is 2.58. The van der Waals surface area contributed by atoms with E-state index in [0.29, 0.717) is 0 Å². The van der Waals surface area contributed by atoms with Crippen LogP contribution in [0.4, 0.5) is 5.95 Å². The van der Waals surface area contributed by atoms with Crippen LogP contribution >= 0.6 is 7.60 Å². The Morgan fingerprint density at radius 1 is 1.25 bits per heavy atom. The van der Waals surface area contributed by atoms with Gasteiger partial charge in [-0.1, -0.05) is 6.92 Å². The number of aliphatic hydroxyl groups is 3. The third kappa shape index (κ3) is 4.27. The van der Waals surface area contributed by atoms with E-state index in [0.717, 1.165) is 4.57 Å². The van der Waals surface area contributed by atoms with Crippen LogP contribution in [-0.2, 0) is 13.8 Å². The van der Waals surface area contributed by atoms with Crippen LogP contribution in [0.3, 0.4) is 0 Å². The number of fused-ring (bicyclic) bond motifs is 1. The average molecular weight is 477 g/mol. The molecule has 6 atom stereocenters. The first-order chi connectivity index (χ1) is 14.6. The quantitative estimate of drug-likeness (QED) is 0.242. The van der Waals surface area contributed by atoms with Gasteiger partial charge in [-0.05, 0) is 27.2 Å². The van der Waals surface area contributed by atoms with Gasteiger partial charge in [-0.2, -0.15) is 4.98 Å². The minimum atomic E-state index is -4.49. The van der Waals surface area contributed by atoms with Crippen LogP contribution < -0.4 is 17.0 Å². The van der Waals surface area contributed by atoms with Crippen LogP contribution in [0.5, 0.6) is 0 Å². The fourth-order valence-electron chi connectivity index (χ4n) is 3.53. The normalized spacial score (nSPS) is 28.0. The second-order valence-electron chi connectivity index (χ2n) is 8.64. The van der Waals surface area contributed by atoms with Gasteiger partial charge in [0.15, 0.2) is 22.7 Å². The summed E-state index contributed by atoms with van der Waals surface area (Å²) in [4.78, 5) is 43.1. The summed E-state index contributed by atoms with van der Waals surface area (Å²) in [6, 6.07) is 0. The molecule has 2 aromatic heterocycles. The summed E-state index contributed by atoms with van der Waals surface area (Å²) in [6.07, 6.45) is -5.90. The molecule has 1 aliphatic heterocycles. The van der Waals surface area contributed by atoms with Gasteiger partial charge in [0.05, 0.1) is 11.7 Å². The Morgan fingerprint density at radius 2 is 1.88 bits per heavy atom. The molecule has 0 aromatic carbocycles. The summed E-state index contributed by atoms with van der Waals surface area (Å²) >= 11 is 0. The second kappa shape index (κ2) is 8.06. The van der Waals surface area contributed by atoms with Crippen molar-refractivity contribution in [3.63, 3.8) is 0 Å². The molecule has 3 rings (SSSR count). The summed E-state index contributed by atoms with van der Waals surface area (Å²) in [5, 5.41) is 29.2. The highest BCUT2D eigenvalue weighted by atomic mass is 31.2. The molecule has 0 amide bonds. The summed E-state index contributed by atoms with van der Waals surface area (Å²) in [6.45, 7) is 5.61. The topological polar surface area (TPSA) is 226 Å². The van der Waals surface area contributed by atoms with E-state index in [1.54, 1.807) is 0 Å². The zero-order chi connectivity index (χ0) is 24.2. The number of aliphatic hydroxyl groups excluding tert-OH is 2. The lowest BCUT2D eigenvalue weighted by Crippen LogP contribution is -2.38. The van der Waals surface area contributed by atoms with Crippen LogP contribution in [0.2, 0.25) is 0 Å². The molecule has 0 saturated carbocycles. The van der Waals surface area contributed by atoms with Crippen molar-refractivity contribution in [2.24, 2.45) is 0 Å². The van der Waals surface area contributed by atoms with E-state index in [9.17, 15) is 34.4 Å². The lowest BCUT2D eigenvalue weighted by atomic mass is 9.97. The summed E-state index contributed by atoms with van der Waals surface area (Å²) < 4.78 is 24.4.